The molecular weight excluding hydrogens is 411 g/mol. The minimum absolute atomic E-state index is 0.0548. The Morgan fingerprint density at radius 1 is 1.25 bits per heavy atom. The van der Waals surface area contributed by atoms with E-state index in [2.05, 4.69) is 15.5 Å². The maximum absolute atomic E-state index is 13.9. The number of carbonyl (C=O) groups is 1. The summed E-state index contributed by atoms with van der Waals surface area (Å²) in [6.45, 7) is 1.93. The second-order valence-corrected chi connectivity index (χ2v) is 7.98. The number of nitrogens with one attached hydrogen (secondary N) is 1. The average molecular weight is 439 g/mol. The van der Waals surface area contributed by atoms with Gasteiger partial charge >= 0.3 is 6.03 Å². The molecule has 1 aliphatic rings. The van der Waals surface area contributed by atoms with Gasteiger partial charge in [-0.3, -0.25) is 0 Å². The zero-order valence-corrected chi connectivity index (χ0v) is 18.1. The monoisotopic (exact) mass is 438 g/mol. The van der Waals surface area contributed by atoms with Gasteiger partial charge in [-0.25, -0.2) is 9.18 Å². The highest BCUT2D eigenvalue weighted by Gasteiger charge is 2.25. The van der Waals surface area contributed by atoms with E-state index in [9.17, 15) is 9.18 Å². The number of hydrogen-bond donors (Lipinski definition) is 1. The van der Waals surface area contributed by atoms with Gasteiger partial charge in [0.05, 0.1) is 12.7 Å². The van der Waals surface area contributed by atoms with Crippen LogP contribution in [0, 0.1) is 11.7 Å². The molecule has 0 radical (unpaired) electrons. The van der Waals surface area contributed by atoms with E-state index in [0.717, 1.165) is 37.1 Å². The number of hydrogen-bond acceptors (Lipinski definition) is 5. The Balaban J connectivity index is 1.26. The number of methoxy groups -OCH3 is 1. The number of urea groups is 1. The largest absolute Gasteiger partial charge is 0.497 e. The molecule has 4 rings (SSSR count). The number of carbonyl (C=O) groups excluding carboxylic acids is 1. The van der Waals surface area contributed by atoms with E-state index in [4.69, 9.17) is 9.26 Å². The predicted molar refractivity (Wildman–Crippen MR) is 118 cm³/mol. The molecule has 0 bridgehead atoms. The molecule has 8 heteroatoms. The number of ether oxygens (including phenoxy) is 1. The Morgan fingerprint density at radius 3 is 2.84 bits per heavy atom. The highest BCUT2D eigenvalue weighted by atomic mass is 19.1. The molecule has 1 aliphatic heterocycles. The van der Waals surface area contributed by atoms with Gasteiger partial charge in [-0.05, 0) is 55.0 Å². The van der Waals surface area contributed by atoms with Crippen molar-refractivity contribution >= 4 is 6.03 Å². The lowest BCUT2D eigenvalue weighted by atomic mass is 9.95. The predicted octanol–water partition coefficient (Wildman–Crippen LogP) is 4.09. The maximum atomic E-state index is 13.9. The quantitative estimate of drug-likeness (QED) is 0.601. The molecule has 2 amide bonds. The second-order valence-electron chi connectivity index (χ2n) is 7.98. The van der Waals surface area contributed by atoms with E-state index in [0.29, 0.717) is 31.0 Å². The van der Waals surface area contributed by atoms with Crippen LogP contribution in [-0.2, 0) is 12.8 Å². The fraction of sp³-hybridized carbons (Fsp3) is 0.375. The Kier molecular flexibility index (Phi) is 6.99. The van der Waals surface area contributed by atoms with Gasteiger partial charge in [-0.15, -0.1) is 0 Å². The van der Waals surface area contributed by atoms with Crippen molar-refractivity contribution in [2.45, 2.75) is 25.7 Å². The number of amides is 2. The second kappa shape index (κ2) is 10.3. The molecule has 1 aromatic heterocycles. The number of piperidine rings is 1. The SMILES string of the molecule is COc1ccc(CCNC(=O)N2CCC[C@H](Cc3nc(-c4ccccc4F)no3)C2)cc1. The van der Waals surface area contributed by atoms with Crippen molar-refractivity contribution in [1.82, 2.24) is 20.4 Å². The Hall–Kier alpha value is -3.42. The Bertz CT molecular complexity index is 1040. The summed E-state index contributed by atoms with van der Waals surface area (Å²) in [7, 11) is 1.64. The maximum Gasteiger partial charge on any atom is 0.317 e. The van der Waals surface area contributed by atoms with Gasteiger partial charge in [-0.2, -0.15) is 4.98 Å². The third-order valence-electron chi connectivity index (χ3n) is 5.70. The van der Waals surface area contributed by atoms with Crippen LogP contribution in [0.5, 0.6) is 5.75 Å². The lowest BCUT2D eigenvalue weighted by molar-refractivity contribution is 0.162. The van der Waals surface area contributed by atoms with Crippen LogP contribution in [0.4, 0.5) is 9.18 Å². The number of aromatic nitrogens is 2. The van der Waals surface area contributed by atoms with Crippen molar-refractivity contribution in [2.24, 2.45) is 5.92 Å². The number of halogens is 1. The van der Waals surface area contributed by atoms with Crippen molar-refractivity contribution < 1.29 is 18.4 Å². The number of benzene rings is 2. The summed E-state index contributed by atoms with van der Waals surface area (Å²) in [6, 6.07) is 14.1. The zero-order chi connectivity index (χ0) is 22.3. The molecule has 0 unspecified atom stereocenters. The van der Waals surface area contributed by atoms with Crippen molar-refractivity contribution in [1.29, 1.82) is 0 Å². The topological polar surface area (TPSA) is 80.5 Å². The normalized spacial score (nSPS) is 16.1. The highest BCUT2D eigenvalue weighted by molar-refractivity contribution is 5.74. The summed E-state index contributed by atoms with van der Waals surface area (Å²) in [5.74, 6) is 1.39. The zero-order valence-electron chi connectivity index (χ0n) is 18.1. The number of likely N-dealkylation sites (tertiary alicyclic amines) is 1. The molecule has 32 heavy (non-hydrogen) atoms. The molecule has 2 heterocycles. The fourth-order valence-electron chi connectivity index (χ4n) is 3.97. The van der Waals surface area contributed by atoms with Crippen molar-refractivity contribution in [3.05, 3.63) is 65.8 Å². The fourth-order valence-corrected chi connectivity index (χ4v) is 3.97. The molecule has 1 N–H and O–H groups in total. The first-order chi connectivity index (χ1) is 15.6. The molecular formula is C24H27FN4O3. The minimum Gasteiger partial charge on any atom is -0.497 e. The lowest BCUT2D eigenvalue weighted by Gasteiger charge is -2.32. The van der Waals surface area contributed by atoms with Crippen LogP contribution >= 0.6 is 0 Å². The van der Waals surface area contributed by atoms with Crippen molar-refractivity contribution in [3.63, 3.8) is 0 Å². The summed E-state index contributed by atoms with van der Waals surface area (Å²) < 4.78 is 24.5. The highest BCUT2D eigenvalue weighted by Crippen LogP contribution is 2.23. The third-order valence-corrected chi connectivity index (χ3v) is 5.70. The summed E-state index contributed by atoms with van der Waals surface area (Å²) >= 11 is 0. The van der Waals surface area contributed by atoms with Gasteiger partial charge in [0.25, 0.3) is 0 Å². The van der Waals surface area contributed by atoms with Gasteiger partial charge in [0, 0.05) is 26.1 Å². The van der Waals surface area contributed by atoms with E-state index in [-0.39, 0.29) is 23.6 Å². The van der Waals surface area contributed by atoms with Crippen LogP contribution in [-0.4, -0.2) is 47.8 Å². The van der Waals surface area contributed by atoms with Crippen LogP contribution in [0.1, 0.15) is 24.3 Å². The summed E-state index contributed by atoms with van der Waals surface area (Å²) in [5, 5.41) is 6.93. The van der Waals surface area contributed by atoms with Crippen molar-refractivity contribution in [2.75, 3.05) is 26.7 Å². The van der Waals surface area contributed by atoms with Crippen LogP contribution < -0.4 is 10.1 Å². The molecule has 1 fully saturated rings. The molecule has 1 atom stereocenters. The van der Waals surface area contributed by atoms with Crippen LogP contribution in [0.3, 0.4) is 0 Å². The van der Waals surface area contributed by atoms with Gasteiger partial charge < -0.3 is 19.5 Å². The van der Waals surface area contributed by atoms with Crippen LogP contribution in [0.2, 0.25) is 0 Å². The molecule has 3 aromatic rings. The minimum atomic E-state index is -0.380. The smallest absolute Gasteiger partial charge is 0.317 e. The summed E-state index contributed by atoms with van der Waals surface area (Å²) in [6.07, 6.45) is 3.23. The van der Waals surface area contributed by atoms with E-state index < -0.39 is 0 Å². The molecule has 0 spiro atoms. The first-order valence-electron chi connectivity index (χ1n) is 10.9. The number of rotatable bonds is 7. The van der Waals surface area contributed by atoms with E-state index in [1.807, 2.05) is 29.2 Å². The van der Waals surface area contributed by atoms with E-state index in [1.54, 1.807) is 25.3 Å². The summed E-state index contributed by atoms with van der Waals surface area (Å²) in [4.78, 5) is 18.8. The van der Waals surface area contributed by atoms with E-state index in [1.165, 1.54) is 6.07 Å². The van der Waals surface area contributed by atoms with Crippen LogP contribution in [0.25, 0.3) is 11.4 Å². The third kappa shape index (κ3) is 5.43. The molecule has 0 saturated carbocycles. The molecule has 1 saturated heterocycles. The molecule has 7 nitrogen and oxygen atoms in total. The Morgan fingerprint density at radius 2 is 2.06 bits per heavy atom. The van der Waals surface area contributed by atoms with E-state index >= 15 is 0 Å². The van der Waals surface area contributed by atoms with Gasteiger partial charge in [0.15, 0.2) is 0 Å². The summed E-state index contributed by atoms with van der Waals surface area (Å²) in [5.41, 5.74) is 1.47. The molecule has 0 aliphatic carbocycles. The lowest BCUT2D eigenvalue weighted by Crippen LogP contribution is -2.46. The van der Waals surface area contributed by atoms with Gasteiger partial charge in [0.1, 0.15) is 11.6 Å². The Labute approximate surface area is 186 Å². The van der Waals surface area contributed by atoms with Gasteiger partial charge in [0.2, 0.25) is 11.7 Å². The standard InChI is InChI=1S/C24H27FN4O3/c1-31-19-10-8-17(9-11-19)12-13-26-24(30)29-14-4-5-18(16-29)15-22-27-23(28-32-22)20-6-2-3-7-21(20)25/h2-3,6-11,18H,4-5,12-16H2,1H3,(H,26,30)/t18-/m1/s1. The first-order valence-corrected chi connectivity index (χ1v) is 10.9. The first kappa shape index (κ1) is 21.8. The van der Waals surface area contributed by atoms with Crippen LogP contribution in [0.15, 0.2) is 53.1 Å². The van der Waals surface area contributed by atoms with Crippen molar-refractivity contribution in [3.8, 4) is 17.1 Å². The average Bonchev–Trinajstić information content (AvgIpc) is 3.28. The molecule has 168 valence electrons. The molecule has 2 aromatic carbocycles. The number of nitrogens with zero attached hydrogens (tertiary/aromatic N) is 3. The van der Waals surface area contributed by atoms with Gasteiger partial charge in [-0.1, -0.05) is 29.4 Å².